The standard InChI is InChI=1S/C22H17N3O3/c26-21(18-12-7-13-23-18)15-28-22(27)20-14-19(16-8-3-1-4-9-16)24-25(20)17-10-5-2-6-11-17/h1-14,23H,15H2. The van der Waals surface area contributed by atoms with E-state index in [0.29, 0.717) is 11.4 Å². The predicted octanol–water partition coefficient (Wildman–Crippen LogP) is 3.91. The molecule has 0 aliphatic heterocycles. The molecule has 0 bridgehead atoms. The number of aromatic nitrogens is 3. The number of nitrogens with zero attached hydrogens (tertiary/aromatic N) is 2. The van der Waals surface area contributed by atoms with Gasteiger partial charge < -0.3 is 9.72 Å². The van der Waals surface area contributed by atoms with Gasteiger partial charge in [0.05, 0.1) is 17.1 Å². The first-order valence-corrected chi connectivity index (χ1v) is 8.77. The largest absolute Gasteiger partial charge is 0.452 e. The quantitative estimate of drug-likeness (QED) is 0.412. The Morgan fingerprint density at radius 3 is 2.32 bits per heavy atom. The predicted molar refractivity (Wildman–Crippen MR) is 104 cm³/mol. The van der Waals surface area contributed by atoms with Crippen molar-refractivity contribution < 1.29 is 14.3 Å². The first-order chi connectivity index (χ1) is 13.7. The molecule has 0 atom stereocenters. The molecule has 0 saturated carbocycles. The summed E-state index contributed by atoms with van der Waals surface area (Å²) in [4.78, 5) is 27.6. The highest BCUT2D eigenvalue weighted by Gasteiger charge is 2.20. The molecule has 2 aromatic heterocycles. The van der Waals surface area contributed by atoms with Crippen LogP contribution < -0.4 is 0 Å². The number of esters is 1. The number of ether oxygens (including phenoxy) is 1. The monoisotopic (exact) mass is 371 g/mol. The molecule has 1 N–H and O–H groups in total. The number of para-hydroxylation sites is 1. The fourth-order valence-corrected chi connectivity index (χ4v) is 2.83. The number of carbonyl (C=O) groups is 2. The molecule has 0 aliphatic rings. The summed E-state index contributed by atoms with van der Waals surface area (Å²) < 4.78 is 6.79. The van der Waals surface area contributed by atoms with E-state index in [1.54, 1.807) is 24.4 Å². The average Bonchev–Trinajstić information content (AvgIpc) is 3.43. The molecule has 28 heavy (non-hydrogen) atoms. The number of Topliss-reactive ketones (excluding diaryl/α,β-unsaturated/α-hetero) is 1. The molecule has 2 heterocycles. The van der Waals surface area contributed by atoms with Crippen LogP contribution >= 0.6 is 0 Å². The Morgan fingerprint density at radius 1 is 0.929 bits per heavy atom. The van der Waals surface area contributed by atoms with E-state index in [1.165, 1.54) is 4.68 Å². The molecule has 2 aromatic carbocycles. The van der Waals surface area contributed by atoms with Gasteiger partial charge in [-0.05, 0) is 30.3 Å². The Hall–Kier alpha value is -3.93. The molecule has 6 nitrogen and oxygen atoms in total. The van der Waals surface area contributed by atoms with E-state index in [9.17, 15) is 9.59 Å². The van der Waals surface area contributed by atoms with Crippen molar-refractivity contribution in [1.82, 2.24) is 14.8 Å². The van der Waals surface area contributed by atoms with Crippen LogP contribution in [0.3, 0.4) is 0 Å². The summed E-state index contributed by atoms with van der Waals surface area (Å²) in [7, 11) is 0. The summed E-state index contributed by atoms with van der Waals surface area (Å²) in [6.07, 6.45) is 1.64. The number of H-pyrrole nitrogens is 1. The Bertz CT molecular complexity index is 1080. The molecule has 0 fully saturated rings. The summed E-state index contributed by atoms with van der Waals surface area (Å²) >= 11 is 0. The van der Waals surface area contributed by atoms with Crippen LogP contribution in [0.4, 0.5) is 0 Å². The van der Waals surface area contributed by atoms with Gasteiger partial charge in [0.2, 0.25) is 5.78 Å². The van der Waals surface area contributed by atoms with Gasteiger partial charge in [0, 0.05) is 11.8 Å². The lowest BCUT2D eigenvalue weighted by Gasteiger charge is -2.07. The smallest absolute Gasteiger partial charge is 0.357 e. The van der Waals surface area contributed by atoms with Crippen LogP contribution in [0.2, 0.25) is 0 Å². The minimum absolute atomic E-state index is 0.254. The zero-order chi connectivity index (χ0) is 19.3. The molecule has 4 rings (SSSR count). The summed E-state index contributed by atoms with van der Waals surface area (Å²) in [6, 6.07) is 23.9. The molecule has 0 spiro atoms. The van der Waals surface area contributed by atoms with Crippen LogP contribution in [-0.2, 0) is 4.74 Å². The molecular weight excluding hydrogens is 354 g/mol. The van der Waals surface area contributed by atoms with Crippen LogP contribution in [0.1, 0.15) is 21.0 Å². The van der Waals surface area contributed by atoms with Crippen LogP contribution in [0.15, 0.2) is 85.1 Å². The van der Waals surface area contributed by atoms with Crippen molar-refractivity contribution in [2.24, 2.45) is 0 Å². The van der Waals surface area contributed by atoms with Crippen LogP contribution in [0.25, 0.3) is 16.9 Å². The fraction of sp³-hybridized carbons (Fsp3) is 0.0455. The van der Waals surface area contributed by atoms with E-state index in [4.69, 9.17) is 4.74 Å². The zero-order valence-electron chi connectivity index (χ0n) is 14.9. The minimum Gasteiger partial charge on any atom is -0.452 e. The number of hydrogen-bond donors (Lipinski definition) is 1. The van der Waals surface area contributed by atoms with Gasteiger partial charge in [-0.3, -0.25) is 4.79 Å². The van der Waals surface area contributed by atoms with Crippen LogP contribution in [0.5, 0.6) is 0 Å². The molecule has 6 heteroatoms. The van der Waals surface area contributed by atoms with Crippen molar-refractivity contribution in [3.05, 3.63) is 96.4 Å². The van der Waals surface area contributed by atoms with Crippen molar-refractivity contribution >= 4 is 11.8 Å². The van der Waals surface area contributed by atoms with E-state index in [0.717, 1.165) is 11.3 Å². The molecule has 0 saturated heterocycles. The number of carbonyl (C=O) groups excluding carboxylic acids is 2. The summed E-state index contributed by atoms with van der Waals surface area (Å²) in [5, 5.41) is 4.57. The minimum atomic E-state index is -0.613. The number of nitrogens with one attached hydrogen (secondary N) is 1. The first-order valence-electron chi connectivity index (χ1n) is 8.77. The molecule has 0 radical (unpaired) electrons. The number of benzene rings is 2. The Morgan fingerprint density at radius 2 is 1.64 bits per heavy atom. The number of rotatable bonds is 6. The lowest BCUT2D eigenvalue weighted by molar-refractivity contribution is 0.0464. The van der Waals surface area contributed by atoms with Gasteiger partial charge in [0.25, 0.3) is 0 Å². The third-order valence-electron chi connectivity index (χ3n) is 4.22. The van der Waals surface area contributed by atoms with Crippen LogP contribution in [0, 0.1) is 0 Å². The average molecular weight is 371 g/mol. The highest BCUT2D eigenvalue weighted by atomic mass is 16.5. The SMILES string of the molecule is O=C(COC(=O)c1cc(-c2ccccc2)nn1-c1ccccc1)c1ccc[nH]1. The second-order valence-corrected chi connectivity index (χ2v) is 6.11. The van der Waals surface area contributed by atoms with Crippen molar-refractivity contribution in [3.8, 4) is 16.9 Å². The lowest BCUT2D eigenvalue weighted by atomic mass is 10.1. The number of ketones is 1. The van der Waals surface area contributed by atoms with E-state index in [2.05, 4.69) is 10.1 Å². The molecule has 0 unspecified atom stereocenters. The van der Waals surface area contributed by atoms with Crippen molar-refractivity contribution in [2.75, 3.05) is 6.61 Å². The van der Waals surface area contributed by atoms with Gasteiger partial charge in [-0.1, -0.05) is 48.5 Å². The third-order valence-corrected chi connectivity index (χ3v) is 4.22. The van der Waals surface area contributed by atoms with Gasteiger partial charge in [-0.25, -0.2) is 9.48 Å². The molecule has 138 valence electrons. The maximum absolute atomic E-state index is 12.7. The Labute approximate surface area is 161 Å². The van der Waals surface area contributed by atoms with E-state index in [1.807, 2.05) is 60.7 Å². The first kappa shape index (κ1) is 17.5. The van der Waals surface area contributed by atoms with Crippen molar-refractivity contribution in [3.63, 3.8) is 0 Å². The second kappa shape index (κ2) is 7.75. The molecular formula is C22H17N3O3. The maximum Gasteiger partial charge on any atom is 0.357 e. The maximum atomic E-state index is 12.7. The van der Waals surface area contributed by atoms with Gasteiger partial charge in [0.1, 0.15) is 0 Å². The van der Waals surface area contributed by atoms with Gasteiger partial charge in [-0.15, -0.1) is 0 Å². The molecule has 0 amide bonds. The Balaban J connectivity index is 1.63. The second-order valence-electron chi connectivity index (χ2n) is 6.11. The topological polar surface area (TPSA) is 77.0 Å². The lowest BCUT2D eigenvalue weighted by Crippen LogP contribution is -2.17. The van der Waals surface area contributed by atoms with Crippen molar-refractivity contribution in [2.45, 2.75) is 0 Å². The highest BCUT2D eigenvalue weighted by Crippen LogP contribution is 2.22. The third kappa shape index (κ3) is 3.61. The zero-order valence-corrected chi connectivity index (χ0v) is 14.9. The van der Waals surface area contributed by atoms with E-state index >= 15 is 0 Å². The van der Waals surface area contributed by atoms with Gasteiger partial charge in [0.15, 0.2) is 12.3 Å². The van der Waals surface area contributed by atoms with E-state index < -0.39 is 5.97 Å². The normalized spacial score (nSPS) is 10.6. The number of aromatic amines is 1. The summed E-state index contributed by atoms with van der Waals surface area (Å²) in [5.41, 5.74) is 2.91. The highest BCUT2D eigenvalue weighted by molar-refractivity contribution is 5.98. The molecule has 4 aromatic rings. The number of hydrogen-bond acceptors (Lipinski definition) is 4. The molecule has 0 aliphatic carbocycles. The van der Waals surface area contributed by atoms with E-state index in [-0.39, 0.29) is 18.1 Å². The summed E-state index contributed by atoms with van der Waals surface area (Å²) in [6.45, 7) is -0.347. The fourth-order valence-electron chi connectivity index (χ4n) is 2.83. The summed E-state index contributed by atoms with van der Waals surface area (Å²) in [5.74, 6) is -0.911. The van der Waals surface area contributed by atoms with Crippen molar-refractivity contribution in [1.29, 1.82) is 0 Å². The Kier molecular flexibility index (Phi) is 4.84. The van der Waals surface area contributed by atoms with Crippen LogP contribution in [-0.4, -0.2) is 33.1 Å². The van der Waals surface area contributed by atoms with Gasteiger partial charge >= 0.3 is 5.97 Å². The van der Waals surface area contributed by atoms with Gasteiger partial charge in [-0.2, -0.15) is 5.10 Å².